The van der Waals surface area contributed by atoms with Gasteiger partial charge in [-0.3, -0.25) is 4.98 Å². The summed E-state index contributed by atoms with van der Waals surface area (Å²) in [5.74, 6) is -0.299. The molecule has 0 unspecified atom stereocenters. The average molecular weight is 226 g/mol. The van der Waals surface area contributed by atoms with Gasteiger partial charge in [0, 0.05) is 11.6 Å². The lowest BCUT2D eigenvalue weighted by atomic mass is 10.1. The Bertz CT molecular complexity index is 527. The van der Waals surface area contributed by atoms with Crippen LogP contribution < -0.4 is 4.74 Å². The predicted octanol–water partition coefficient (Wildman–Crippen LogP) is 3.34. The van der Waals surface area contributed by atoms with Gasteiger partial charge in [0.2, 0.25) is 0 Å². The summed E-state index contributed by atoms with van der Waals surface area (Å²) in [5, 5.41) is 1.14. The van der Waals surface area contributed by atoms with E-state index in [1.807, 2.05) is 6.92 Å². The van der Waals surface area contributed by atoms with Gasteiger partial charge in [0.05, 0.1) is 12.1 Å². The Labute approximate surface area is 91.6 Å². The van der Waals surface area contributed by atoms with E-state index in [4.69, 9.17) is 16.3 Å². The lowest BCUT2D eigenvalue weighted by molar-refractivity contribution is 0.388. The summed E-state index contributed by atoms with van der Waals surface area (Å²) < 4.78 is 18.6. The van der Waals surface area contributed by atoms with E-state index in [9.17, 15) is 4.39 Å². The highest BCUT2D eigenvalue weighted by Gasteiger charge is 2.11. The third kappa shape index (κ3) is 1.53. The first-order valence-electron chi connectivity index (χ1n) is 4.42. The van der Waals surface area contributed by atoms with Gasteiger partial charge in [-0.25, -0.2) is 4.39 Å². The van der Waals surface area contributed by atoms with Gasteiger partial charge in [-0.2, -0.15) is 0 Å². The first-order valence-corrected chi connectivity index (χ1v) is 4.80. The normalized spacial score (nSPS) is 10.7. The molecule has 0 atom stereocenters. The number of benzene rings is 1. The molecule has 15 heavy (non-hydrogen) atoms. The number of fused-ring (bicyclic) bond motifs is 1. The van der Waals surface area contributed by atoms with Crippen LogP contribution in [0.5, 0.6) is 5.75 Å². The van der Waals surface area contributed by atoms with Crippen LogP contribution in [0.1, 0.15) is 5.56 Å². The first-order chi connectivity index (χ1) is 7.15. The molecular formula is C11H9ClFNO. The number of nitrogens with zero attached hydrogens (tertiary/aromatic N) is 1. The molecule has 1 aromatic carbocycles. The van der Waals surface area contributed by atoms with Gasteiger partial charge >= 0.3 is 0 Å². The SMILES string of the molecule is COc1ccc2c(Cl)c(C)cnc2c1F. The van der Waals surface area contributed by atoms with Crippen LogP contribution in [-0.4, -0.2) is 12.1 Å². The second-order valence-corrected chi connectivity index (χ2v) is 3.61. The van der Waals surface area contributed by atoms with Crippen molar-refractivity contribution >= 4 is 22.5 Å². The van der Waals surface area contributed by atoms with Crippen LogP contribution in [0.2, 0.25) is 5.02 Å². The summed E-state index contributed by atoms with van der Waals surface area (Å²) in [4.78, 5) is 4.01. The zero-order valence-corrected chi connectivity index (χ0v) is 9.10. The van der Waals surface area contributed by atoms with Crippen LogP contribution >= 0.6 is 11.6 Å². The van der Waals surface area contributed by atoms with Crippen molar-refractivity contribution in [3.05, 3.63) is 34.7 Å². The highest BCUT2D eigenvalue weighted by molar-refractivity contribution is 6.36. The van der Waals surface area contributed by atoms with Crippen LogP contribution in [0.25, 0.3) is 10.9 Å². The lowest BCUT2D eigenvalue weighted by Crippen LogP contribution is -1.92. The molecule has 2 rings (SSSR count). The van der Waals surface area contributed by atoms with E-state index >= 15 is 0 Å². The van der Waals surface area contributed by atoms with Crippen LogP contribution in [0.4, 0.5) is 4.39 Å². The molecular weight excluding hydrogens is 217 g/mol. The smallest absolute Gasteiger partial charge is 0.191 e. The van der Waals surface area contributed by atoms with Gasteiger partial charge in [0.15, 0.2) is 11.6 Å². The van der Waals surface area contributed by atoms with Gasteiger partial charge in [0.1, 0.15) is 5.52 Å². The maximum atomic E-state index is 13.7. The van der Waals surface area contributed by atoms with Crippen molar-refractivity contribution in [2.45, 2.75) is 6.92 Å². The number of hydrogen-bond donors (Lipinski definition) is 0. The minimum atomic E-state index is -0.475. The van der Waals surface area contributed by atoms with Gasteiger partial charge in [-0.1, -0.05) is 11.6 Å². The Morgan fingerprint density at radius 1 is 1.40 bits per heavy atom. The first kappa shape index (κ1) is 10.2. The maximum Gasteiger partial charge on any atom is 0.191 e. The van der Waals surface area contributed by atoms with Gasteiger partial charge in [-0.05, 0) is 24.6 Å². The van der Waals surface area contributed by atoms with E-state index in [2.05, 4.69) is 4.98 Å². The summed E-state index contributed by atoms with van der Waals surface area (Å²) in [5.41, 5.74) is 1.07. The predicted molar refractivity (Wildman–Crippen MR) is 58.0 cm³/mol. The molecule has 0 fully saturated rings. The molecule has 0 aliphatic carbocycles. The molecule has 0 spiro atoms. The van der Waals surface area contributed by atoms with Crippen LogP contribution in [0.3, 0.4) is 0 Å². The van der Waals surface area contributed by atoms with Crippen molar-refractivity contribution in [1.82, 2.24) is 4.98 Å². The Kier molecular flexibility index (Phi) is 2.49. The van der Waals surface area contributed by atoms with Crippen molar-refractivity contribution in [2.75, 3.05) is 7.11 Å². The average Bonchev–Trinajstić information content (AvgIpc) is 2.24. The largest absolute Gasteiger partial charge is 0.494 e. The second-order valence-electron chi connectivity index (χ2n) is 3.23. The van der Waals surface area contributed by atoms with Crippen molar-refractivity contribution in [2.24, 2.45) is 0 Å². The maximum absolute atomic E-state index is 13.7. The van der Waals surface area contributed by atoms with Crippen LogP contribution in [0, 0.1) is 12.7 Å². The second kappa shape index (κ2) is 3.66. The number of aromatic nitrogens is 1. The fraction of sp³-hybridized carbons (Fsp3) is 0.182. The number of rotatable bonds is 1. The van der Waals surface area contributed by atoms with Crippen molar-refractivity contribution in [3.8, 4) is 5.75 Å². The Balaban J connectivity index is 2.85. The number of pyridine rings is 1. The van der Waals surface area contributed by atoms with E-state index in [0.29, 0.717) is 10.4 Å². The minimum Gasteiger partial charge on any atom is -0.494 e. The third-order valence-electron chi connectivity index (χ3n) is 2.27. The molecule has 1 heterocycles. The number of methoxy groups -OCH3 is 1. The minimum absolute atomic E-state index is 0.176. The van der Waals surface area contributed by atoms with Gasteiger partial charge < -0.3 is 4.74 Å². The van der Waals surface area contributed by atoms with Crippen LogP contribution in [-0.2, 0) is 0 Å². The topological polar surface area (TPSA) is 22.1 Å². The van der Waals surface area contributed by atoms with Gasteiger partial charge in [0.25, 0.3) is 0 Å². The fourth-order valence-electron chi connectivity index (χ4n) is 1.44. The van der Waals surface area contributed by atoms with E-state index in [-0.39, 0.29) is 11.3 Å². The quantitative estimate of drug-likeness (QED) is 0.743. The summed E-state index contributed by atoms with van der Waals surface area (Å²) >= 11 is 6.05. The Hall–Kier alpha value is -1.35. The number of halogens is 2. The standard InChI is InChI=1S/C11H9ClFNO/c1-6-5-14-11-7(9(6)12)3-4-8(15-2)10(11)13/h3-5H,1-2H3. The molecule has 0 N–H and O–H groups in total. The molecule has 2 aromatic rings. The molecule has 2 nitrogen and oxygen atoms in total. The van der Waals surface area contributed by atoms with Crippen molar-refractivity contribution < 1.29 is 9.13 Å². The van der Waals surface area contributed by atoms with Crippen molar-refractivity contribution in [1.29, 1.82) is 0 Å². The molecule has 0 saturated carbocycles. The number of aryl methyl sites for hydroxylation is 1. The molecule has 0 amide bonds. The van der Waals surface area contributed by atoms with E-state index < -0.39 is 5.82 Å². The molecule has 1 aromatic heterocycles. The molecule has 0 aliphatic heterocycles. The molecule has 4 heteroatoms. The summed E-state index contributed by atoms with van der Waals surface area (Å²) in [6, 6.07) is 3.25. The lowest BCUT2D eigenvalue weighted by Gasteiger charge is -2.06. The van der Waals surface area contributed by atoms with Gasteiger partial charge in [-0.15, -0.1) is 0 Å². The Morgan fingerprint density at radius 3 is 2.80 bits per heavy atom. The highest BCUT2D eigenvalue weighted by atomic mass is 35.5. The van der Waals surface area contributed by atoms with E-state index in [1.54, 1.807) is 18.3 Å². The number of ether oxygens (including phenoxy) is 1. The highest BCUT2D eigenvalue weighted by Crippen LogP contribution is 2.30. The molecule has 0 radical (unpaired) electrons. The Morgan fingerprint density at radius 2 is 2.13 bits per heavy atom. The summed E-state index contributed by atoms with van der Waals surface area (Å²) in [6.07, 6.45) is 1.55. The number of hydrogen-bond acceptors (Lipinski definition) is 2. The third-order valence-corrected chi connectivity index (χ3v) is 2.77. The van der Waals surface area contributed by atoms with Crippen LogP contribution in [0.15, 0.2) is 18.3 Å². The van der Waals surface area contributed by atoms with E-state index in [1.165, 1.54) is 7.11 Å². The zero-order chi connectivity index (χ0) is 11.0. The van der Waals surface area contributed by atoms with E-state index in [0.717, 1.165) is 5.56 Å². The molecule has 78 valence electrons. The molecule has 0 aliphatic rings. The van der Waals surface area contributed by atoms with Crippen molar-refractivity contribution in [3.63, 3.8) is 0 Å². The summed E-state index contributed by atoms with van der Waals surface area (Å²) in [7, 11) is 1.42. The fourth-order valence-corrected chi connectivity index (χ4v) is 1.64. The monoisotopic (exact) mass is 225 g/mol. The molecule has 0 bridgehead atoms. The summed E-state index contributed by atoms with van der Waals surface area (Å²) in [6.45, 7) is 1.83. The zero-order valence-electron chi connectivity index (χ0n) is 8.34. The molecule has 0 saturated heterocycles.